The van der Waals surface area contributed by atoms with E-state index < -0.39 is 0 Å². The normalized spacial score (nSPS) is 11.7. The number of benzene rings is 10. The van der Waals surface area contributed by atoms with Gasteiger partial charge in [-0.1, -0.05) is 200 Å². The third kappa shape index (κ3) is 5.63. The fourth-order valence-corrected chi connectivity index (χ4v) is 9.18. The number of aromatic nitrogens is 3. The zero-order valence-electron chi connectivity index (χ0n) is 32.5. The summed E-state index contributed by atoms with van der Waals surface area (Å²) in [5.74, 6) is 1.95. The van der Waals surface area contributed by atoms with E-state index in [1.807, 2.05) is 30.3 Å². The standard InChI is InChI=1S/C57H35N3/c1-2-13-40(14-3-1)55-58-56(60-57(59-55)52-23-10-16-37-12-4-6-17-44(37)52)41-30-28-39(29-31-41)53-35-43(34-42-15-5-7-18-45(42)53)36-24-26-38(27-25-36)46-32-33-51-48-20-9-8-19-47(48)50-22-11-21-49(46)54(50)51/h1-35H. The van der Waals surface area contributed by atoms with Crippen LogP contribution in [0.4, 0.5) is 0 Å². The number of hydrogen-bond donors (Lipinski definition) is 0. The summed E-state index contributed by atoms with van der Waals surface area (Å²) >= 11 is 0. The molecule has 1 heterocycles. The molecule has 0 fully saturated rings. The minimum Gasteiger partial charge on any atom is -0.208 e. The molecule has 0 aliphatic heterocycles. The summed E-state index contributed by atoms with van der Waals surface area (Å²) in [5.41, 5.74) is 15.3. The van der Waals surface area contributed by atoms with E-state index >= 15 is 0 Å². The summed E-state index contributed by atoms with van der Waals surface area (Å²) < 4.78 is 0. The van der Waals surface area contributed by atoms with Gasteiger partial charge in [-0.25, -0.2) is 15.0 Å². The van der Waals surface area contributed by atoms with Crippen LogP contribution in [0.1, 0.15) is 0 Å². The lowest BCUT2D eigenvalue weighted by Gasteiger charge is -2.14. The van der Waals surface area contributed by atoms with Crippen LogP contribution in [0.5, 0.6) is 0 Å². The van der Waals surface area contributed by atoms with Crippen LogP contribution in [0.3, 0.4) is 0 Å². The van der Waals surface area contributed by atoms with E-state index in [0.717, 1.165) is 33.0 Å². The van der Waals surface area contributed by atoms with Gasteiger partial charge in [-0.3, -0.25) is 0 Å². The van der Waals surface area contributed by atoms with Crippen molar-refractivity contribution >= 4 is 32.3 Å². The van der Waals surface area contributed by atoms with Gasteiger partial charge in [0.05, 0.1) is 0 Å². The highest BCUT2D eigenvalue weighted by Crippen LogP contribution is 2.49. The number of hydrogen-bond acceptors (Lipinski definition) is 3. The Morgan fingerprint density at radius 1 is 0.217 bits per heavy atom. The van der Waals surface area contributed by atoms with Gasteiger partial charge in [0.15, 0.2) is 17.5 Å². The van der Waals surface area contributed by atoms with Crippen LogP contribution in [0.25, 0.3) is 122 Å². The van der Waals surface area contributed by atoms with Gasteiger partial charge in [0, 0.05) is 16.7 Å². The van der Waals surface area contributed by atoms with Gasteiger partial charge in [0.25, 0.3) is 0 Å². The molecule has 0 radical (unpaired) electrons. The zero-order valence-corrected chi connectivity index (χ0v) is 32.5. The summed E-state index contributed by atoms with van der Waals surface area (Å²) in [4.78, 5) is 15.1. The molecular weight excluding hydrogens is 727 g/mol. The Bertz CT molecular complexity index is 3430. The van der Waals surface area contributed by atoms with E-state index in [0.29, 0.717) is 17.5 Å². The molecule has 0 atom stereocenters. The van der Waals surface area contributed by atoms with Crippen molar-refractivity contribution < 1.29 is 0 Å². The fourth-order valence-electron chi connectivity index (χ4n) is 9.18. The van der Waals surface area contributed by atoms with Crippen LogP contribution in [-0.4, -0.2) is 15.0 Å². The van der Waals surface area contributed by atoms with Crippen molar-refractivity contribution in [2.24, 2.45) is 0 Å². The molecule has 3 heteroatoms. The molecule has 10 aromatic carbocycles. The van der Waals surface area contributed by atoms with Gasteiger partial charge in [-0.2, -0.15) is 0 Å². The largest absolute Gasteiger partial charge is 0.208 e. The number of nitrogens with zero attached hydrogens (tertiary/aromatic N) is 3. The molecule has 0 unspecified atom stereocenters. The predicted octanol–water partition coefficient (Wildman–Crippen LogP) is 15.0. The van der Waals surface area contributed by atoms with Crippen molar-refractivity contribution in [3.63, 3.8) is 0 Å². The summed E-state index contributed by atoms with van der Waals surface area (Å²) in [5, 5.41) is 7.32. The quantitative estimate of drug-likeness (QED) is 0.169. The molecular formula is C57H35N3. The van der Waals surface area contributed by atoms with Gasteiger partial charge in [-0.15, -0.1) is 0 Å². The first-order valence-corrected chi connectivity index (χ1v) is 20.4. The highest BCUT2D eigenvalue weighted by molar-refractivity contribution is 6.18. The Hall–Kier alpha value is -8.01. The average molecular weight is 762 g/mol. The smallest absolute Gasteiger partial charge is 0.164 e. The highest BCUT2D eigenvalue weighted by Gasteiger charge is 2.22. The highest BCUT2D eigenvalue weighted by atomic mass is 15.0. The van der Waals surface area contributed by atoms with Crippen LogP contribution in [-0.2, 0) is 0 Å². The molecule has 3 nitrogen and oxygen atoms in total. The molecule has 12 rings (SSSR count). The van der Waals surface area contributed by atoms with Gasteiger partial charge in [0.1, 0.15) is 0 Å². The monoisotopic (exact) mass is 761 g/mol. The maximum absolute atomic E-state index is 5.10. The van der Waals surface area contributed by atoms with Crippen LogP contribution in [0.15, 0.2) is 212 Å². The maximum atomic E-state index is 5.10. The average Bonchev–Trinajstić information content (AvgIpc) is 3.66. The summed E-state index contributed by atoms with van der Waals surface area (Å²) in [6.45, 7) is 0. The van der Waals surface area contributed by atoms with Crippen molar-refractivity contribution in [1.29, 1.82) is 0 Å². The van der Waals surface area contributed by atoms with Crippen molar-refractivity contribution in [3.8, 4) is 89.8 Å². The van der Waals surface area contributed by atoms with Crippen LogP contribution in [0.2, 0.25) is 0 Å². The van der Waals surface area contributed by atoms with Gasteiger partial charge in [-0.05, 0) is 100 Å². The van der Waals surface area contributed by atoms with Crippen LogP contribution >= 0.6 is 0 Å². The van der Waals surface area contributed by atoms with Crippen molar-refractivity contribution in [2.45, 2.75) is 0 Å². The number of rotatable bonds is 6. The Morgan fingerprint density at radius 2 is 0.683 bits per heavy atom. The van der Waals surface area contributed by atoms with Crippen LogP contribution in [0, 0.1) is 0 Å². The second kappa shape index (κ2) is 13.8. The minimum absolute atomic E-state index is 0.641. The van der Waals surface area contributed by atoms with Gasteiger partial charge >= 0.3 is 0 Å². The molecule has 278 valence electrons. The summed E-state index contributed by atoms with van der Waals surface area (Å²) in [6, 6.07) is 75.9. The van der Waals surface area contributed by atoms with Gasteiger partial charge < -0.3 is 0 Å². The molecule has 0 saturated carbocycles. The maximum Gasteiger partial charge on any atom is 0.164 e. The fraction of sp³-hybridized carbons (Fsp3) is 0. The first-order chi connectivity index (χ1) is 29.7. The minimum atomic E-state index is 0.641. The van der Waals surface area contributed by atoms with E-state index in [1.165, 1.54) is 71.6 Å². The molecule has 0 spiro atoms. The van der Waals surface area contributed by atoms with Crippen molar-refractivity contribution in [1.82, 2.24) is 15.0 Å². The van der Waals surface area contributed by atoms with E-state index in [2.05, 4.69) is 182 Å². The molecule has 60 heavy (non-hydrogen) atoms. The van der Waals surface area contributed by atoms with Gasteiger partial charge in [0.2, 0.25) is 0 Å². The predicted molar refractivity (Wildman–Crippen MR) is 249 cm³/mol. The third-order valence-corrected chi connectivity index (χ3v) is 12.1. The molecule has 11 aromatic rings. The zero-order chi connectivity index (χ0) is 39.6. The molecule has 1 aliphatic rings. The molecule has 1 aliphatic carbocycles. The van der Waals surface area contributed by atoms with Crippen molar-refractivity contribution in [3.05, 3.63) is 212 Å². The van der Waals surface area contributed by atoms with Crippen molar-refractivity contribution in [2.75, 3.05) is 0 Å². The molecule has 0 N–H and O–H groups in total. The number of fused-ring (bicyclic) bond motifs is 5. The topological polar surface area (TPSA) is 38.7 Å². The Morgan fingerprint density at radius 3 is 1.43 bits per heavy atom. The lowest BCUT2D eigenvalue weighted by atomic mass is 9.91. The molecule has 0 bridgehead atoms. The van der Waals surface area contributed by atoms with E-state index in [9.17, 15) is 0 Å². The lowest BCUT2D eigenvalue weighted by molar-refractivity contribution is 1.08. The Balaban J connectivity index is 0.917. The Kier molecular flexibility index (Phi) is 7.85. The molecule has 1 aromatic heterocycles. The third-order valence-electron chi connectivity index (χ3n) is 12.1. The van der Waals surface area contributed by atoms with E-state index in [4.69, 9.17) is 15.0 Å². The molecule has 0 saturated heterocycles. The van der Waals surface area contributed by atoms with Crippen LogP contribution < -0.4 is 0 Å². The lowest BCUT2D eigenvalue weighted by Crippen LogP contribution is -2.00. The Labute approximate surface area is 348 Å². The second-order valence-electron chi connectivity index (χ2n) is 15.5. The van der Waals surface area contributed by atoms with E-state index in [-0.39, 0.29) is 0 Å². The first kappa shape index (κ1) is 34.1. The summed E-state index contributed by atoms with van der Waals surface area (Å²) in [7, 11) is 0. The summed E-state index contributed by atoms with van der Waals surface area (Å²) in [6.07, 6.45) is 0. The second-order valence-corrected chi connectivity index (χ2v) is 15.5. The molecule has 0 amide bonds. The SMILES string of the molecule is c1ccc(-c2nc(-c3ccc(-c4cc(-c5ccc(-c6ccc7c8c(cccc68)-c6ccccc6-7)cc5)cc5ccccc45)cc3)nc(-c3cccc4ccccc34)n2)cc1. The first-order valence-electron chi connectivity index (χ1n) is 20.4. The van der Waals surface area contributed by atoms with E-state index in [1.54, 1.807) is 0 Å².